The molecular formula is C21H16N4O. The van der Waals surface area contributed by atoms with Crippen LogP contribution in [0.1, 0.15) is 21.6 Å². The Morgan fingerprint density at radius 1 is 0.846 bits per heavy atom. The van der Waals surface area contributed by atoms with Gasteiger partial charge in [-0.25, -0.2) is 4.98 Å². The van der Waals surface area contributed by atoms with Gasteiger partial charge in [-0.1, -0.05) is 24.3 Å². The summed E-state index contributed by atoms with van der Waals surface area (Å²) < 4.78 is 0. The Hall–Kier alpha value is -3.60. The molecule has 0 saturated heterocycles. The molecule has 0 aliphatic heterocycles. The lowest BCUT2D eigenvalue weighted by molar-refractivity contribution is 0.102. The van der Waals surface area contributed by atoms with E-state index in [0.29, 0.717) is 11.2 Å². The molecule has 0 spiro atoms. The van der Waals surface area contributed by atoms with Gasteiger partial charge >= 0.3 is 0 Å². The van der Waals surface area contributed by atoms with Crippen molar-refractivity contribution in [3.63, 3.8) is 0 Å². The summed E-state index contributed by atoms with van der Waals surface area (Å²) in [5, 5.41) is 2.86. The maximum absolute atomic E-state index is 12.4. The van der Waals surface area contributed by atoms with Gasteiger partial charge in [0.25, 0.3) is 5.91 Å². The van der Waals surface area contributed by atoms with Gasteiger partial charge in [-0.15, -0.1) is 0 Å². The maximum atomic E-state index is 12.4. The van der Waals surface area contributed by atoms with E-state index in [-0.39, 0.29) is 5.91 Å². The first kappa shape index (κ1) is 15.9. The number of pyridine rings is 1. The summed E-state index contributed by atoms with van der Waals surface area (Å²) >= 11 is 0. The number of nitrogens with one attached hydrogen (secondary N) is 1. The molecule has 5 nitrogen and oxygen atoms in total. The number of rotatable bonds is 4. The second kappa shape index (κ2) is 7.11. The molecule has 2 aromatic carbocycles. The molecule has 4 rings (SSSR count). The molecule has 0 aliphatic carbocycles. The Labute approximate surface area is 150 Å². The van der Waals surface area contributed by atoms with Crippen molar-refractivity contribution in [1.82, 2.24) is 15.0 Å². The third-order valence-corrected chi connectivity index (χ3v) is 4.05. The molecule has 0 aliphatic rings. The molecule has 0 fully saturated rings. The third-order valence-electron chi connectivity index (χ3n) is 4.05. The van der Waals surface area contributed by atoms with Crippen LogP contribution in [0.4, 0.5) is 5.69 Å². The van der Waals surface area contributed by atoms with Gasteiger partial charge in [0, 0.05) is 18.1 Å². The molecule has 0 atom stereocenters. The number of para-hydroxylation sites is 2. The first-order chi connectivity index (χ1) is 12.8. The number of amides is 1. The first-order valence-electron chi connectivity index (χ1n) is 8.29. The van der Waals surface area contributed by atoms with Crippen molar-refractivity contribution < 1.29 is 4.79 Å². The summed E-state index contributed by atoms with van der Waals surface area (Å²) in [6, 6.07) is 19.3. The van der Waals surface area contributed by atoms with Crippen LogP contribution in [0.25, 0.3) is 11.0 Å². The number of anilines is 1. The van der Waals surface area contributed by atoms with Crippen molar-refractivity contribution in [3.05, 3.63) is 96.1 Å². The van der Waals surface area contributed by atoms with Gasteiger partial charge in [-0.05, 0) is 53.9 Å². The van der Waals surface area contributed by atoms with E-state index >= 15 is 0 Å². The largest absolute Gasteiger partial charge is 0.321 e. The van der Waals surface area contributed by atoms with Crippen LogP contribution in [-0.2, 0) is 6.42 Å². The van der Waals surface area contributed by atoms with Crippen molar-refractivity contribution >= 4 is 22.6 Å². The van der Waals surface area contributed by atoms with E-state index < -0.39 is 0 Å². The number of carbonyl (C=O) groups is 1. The number of nitrogens with zero attached hydrogens (tertiary/aromatic N) is 3. The molecular weight excluding hydrogens is 324 g/mol. The topological polar surface area (TPSA) is 67.8 Å². The fraction of sp³-hybridized carbons (Fsp3) is 0.0476. The van der Waals surface area contributed by atoms with E-state index in [1.165, 1.54) is 17.3 Å². The quantitative estimate of drug-likeness (QED) is 0.612. The SMILES string of the molecule is O=C(Nc1ccc(Cc2ccncc2)cc1)c1cnc2ccccc2n1. The van der Waals surface area contributed by atoms with Gasteiger partial charge in [-0.2, -0.15) is 0 Å². The fourth-order valence-electron chi connectivity index (χ4n) is 2.70. The molecule has 1 amide bonds. The van der Waals surface area contributed by atoms with Crippen LogP contribution in [-0.4, -0.2) is 20.9 Å². The normalized spacial score (nSPS) is 10.6. The number of benzene rings is 2. The summed E-state index contributed by atoms with van der Waals surface area (Å²) in [6.07, 6.45) is 5.89. The summed E-state index contributed by atoms with van der Waals surface area (Å²) in [7, 11) is 0. The predicted molar refractivity (Wildman–Crippen MR) is 101 cm³/mol. The minimum atomic E-state index is -0.273. The number of aromatic nitrogens is 3. The number of fused-ring (bicyclic) bond motifs is 1. The van der Waals surface area contributed by atoms with Crippen LogP contribution in [0, 0.1) is 0 Å². The molecule has 0 bridgehead atoms. The molecule has 2 aromatic heterocycles. The second-order valence-corrected chi connectivity index (χ2v) is 5.93. The third kappa shape index (κ3) is 3.57. The summed E-state index contributed by atoms with van der Waals surface area (Å²) in [6.45, 7) is 0. The number of hydrogen-bond donors (Lipinski definition) is 1. The van der Waals surface area contributed by atoms with Crippen LogP contribution >= 0.6 is 0 Å². The Kier molecular flexibility index (Phi) is 4.35. The highest BCUT2D eigenvalue weighted by Gasteiger charge is 2.09. The highest BCUT2D eigenvalue weighted by Crippen LogP contribution is 2.15. The van der Waals surface area contributed by atoms with E-state index in [4.69, 9.17) is 0 Å². The zero-order valence-corrected chi connectivity index (χ0v) is 14.0. The lowest BCUT2D eigenvalue weighted by Crippen LogP contribution is -2.14. The standard InChI is InChI=1S/C21H16N4O/c26-21(20-14-23-18-3-1-2-4-19(18)25-20)24-17-7-5-15(6-8-17)13-16-9-11-22-12-10-16/h1-12,14H,13H2,(H,24,26). The second-order valence-electron chi connectivity index (χ2n) is 5.93. The van der Waals surface area contributed by atoms with Crippen LogP contribution in [0.5, 0.6) is 0 Å². The van der Waals surface area contributed by atoms with Crippen LogP contribution in [0.2, 0.25) is 0 Å². The Balaban J connectivity index is 1.46. The lowest BCUT2D eigenvalue weighted by atomic mass is 10.1. The number of hydrogen-bond acceptors (Lipinski definition) is 4. The predicted octanol–water partition coefficient (Wildman–Crippen LogP) is 3.87. The molecule has 4 aromatic rings. The molecule has 0 saturated carbocycles. The van der Waals surface area contributed by atoms with Crippen molar-refractivity contribution in [1.29, 1.82) is 0 Å². The zero-order chi connectivity index (χ0) is 17.8. The Morgan fingerprint density at radius 3 is 2.31 bits per heavy atom. The molecule has 126 valence electrons. The lowest BCUT2D eigenvalue weighted by Gasteiger charge is -2.07. The van der Waals surface area contributed by atoms with E-state index in [2.05, 4.69) is 20.3 Å². The van der Waals surface area contributed by atoms with Crippen molar-refractivity contribution in [2.45, 2.75) is 6.42 Å². The van der Waals surface area contributed by atoms with E-state index in [0.717, 1.165) is 17.6 Å². The Bertz CT molecular complexity index is 1050. The summed E-state index contributed by atoms with van der Waals surface area (Å²) in [4.78, 5) is 25.1. The average molecular weight is 340 g/mol. The molecule has 26 heavy (non-hydrogen) atoms. The highest BCUT2D eigenvalue weighted by atomic mass is 16.1. The number of carbonyl (C=O) groups excluding carboxylic acids is 1. The fourth-order valence-corrected chi connectivity index (χ4v) is 2.70. The maximum Gasteiger partial charge on any atom is 0.275 e. The smallest absolute Gasteiger partial charge is 0.275 e. The van der Waals surface area contributed by atoms with E-state index in [1.807, 2.05) is 60.7 Å². The van der Waals surface area contributed by atoms with Crippen molar-refractivity contribution in [3.8, 4) is 0 Å². The van der Waals surface area contributed by atoms with Crippen molar-refractivity contribution in [2.24, 2.45) is 0 Å². The van der Waals surface area contributed by atoms with Gasteiger partial charge in [0.2, 0.25) is 0 Å². The summed E-state index contributed by atoms with van der Waals surface area (Å²) in [5.74, 6) is -0.273. The van der Waals surface area contributed by atoms with E-state index in [1.54, 1.807) is 12.4 Å². The minimum Gasteiger partial charge on any atom is -0.321 e. The molecule has 0 radical (unpaired) electrons. The van der Waals surface area contributed by atoms with Gasteiger partial charge in [0.15, 0.2) is 0 Å². The monoisotopic (exact) mass is 340 g/mol. The van der Waals surface area contributed by atoms with Gasteiger partial charge in [-0.3, -0.25) is 14.8 Å². The minimum absolute atomic E-state index is 0.273. The molecule has 0 unspecified atom stereocenters. The highest BCUT2D eigenvalue weighted by molar-refractivity contribution is 6.03. The van der Waals surface area contributed by atoms with Crippen molar-refractivity contribution in [2.75, 3.05) is 5.32 Å². The average Bonchev–Trinajstić information content (AvgIpc) is 2.70. The van der Waals surface area contributed by atoms with Crippen LogP contribution in [0.15, 0.2) is 79.3 Å². The van der Waals surface area contributed by atoms with Gasteiger partial charge in [0.1, 0.15) is 5.69 Å². The first-order valence-corrected chi connectivity index (χ1v) is 8.29. The van der Waals surface area contributed by atoms with Crippen LogP contribution < -0.4 is 5.32 Å². The zero-order valence-electron chi connectivity index (χ0n) is 14.0. The van der Waals surface area contributed by atoms with Gasteiger partial charge in [0.05, 0.1) is 17.2 Å². The van der Waals surface area contributed by atoms with E-state index in [9.17, 15) is 4.79 Å². The molecule has 5 heteroatoms. The van der Waals surface area contributed by atoms with Crippen LogP contribution in [0.3, 0.4) is 0 Å². The Morgan fingerprint density at radius 2 is 1.54 bits per heavy atom. The molecule has 1 N–H and O–H groups in total. The summed E-state index contributed by atoms with van der Waals surface area (Å²) in [5.41, 5.74) is 4.85. The van der Waals surface area contributed by atoms with Gasteiger partial charge < -0.3 is 5.32 Å². The molecule has 2 heterocycles.